The summed E-state index contributed by atoms with van der Waals surface area (Å²) >= 11 is 0. The number of nitrogens with one attached hydrogen (secondary N) is 2. The third kappa shape index (κ3) is 6.41. The number of carboxylic acid groups (broad SMARTS) is 1. The van der Waals surface area contributed by atoms with Gasteiger partial charge in [0.1, 0.15) is 12.1 Å². The molecule has 2 aliphatic rings. The molecule has 0 aromatic heterocycles. The fraction of sp³-hybridized carbons (Fsp3) is 0.625. The van der Waals surface area contributed by atoms with Crippen molar-refractivity contribution in [2.45, 2.75) is 63.7 Å². The summed E-state index contributed by atoms with van der Waals surface area (Å²) in [6, 6.07) is 6.36. The first-order valence-electron chi connectivity index (χ1n) is 12.3. The second kappa shape index (κ2) is 12.1. The summed E-state index contributed by atoms with van der Waals surface area (Å²) in [5, 5.41) is 12.9. The van der Waals surface area contributed by atoms with Gasteiger partial charge in [-0.3, -0.25) is 14.9 Å². The highest BCUT2D eigenvalue weighted by Gasteiger charge is 2.51. The molecule has 0 bridgehead atoms. The van der Waals surface area contributed by atoms with Gasteiger partial charge in [-0.05, 0) is 51.0 Å². The Morgan fingerprint density at radius 1 is 1.22 bits per heavy atom. The van der Waals surface area contributed by atoms with Gasteiger partial charge in [-0.25, -0.2) is 9.52 Å². The molecule has 0 aliphatic carbocycles. The first-order chi connectivity index (χ1) is 17.1. The number of piperidine rings is 1. The van der Waals surface area contributed by atoms with Crippen LogP contribution >= 0.6 is 0 Å². The normalized spacial score (nSPS) is 24.1. The number of esters is 1. The number of rotatable bonds is 11. The van der Waals surface area contributed by atoms with Crippen LogP contribution in [0.25, 0.3) is 0 Å². The molecule has 3 N–H and O–H groups in total. The average Bonchev–Trinajstić information content (AvgIpc) is 3.25. The van der Waals surface area contributed by atoms with Crippen molar-refractivity contribution in [3.05, 3.63) is 35.9 Å². The van der Waals surface area contributed by atoms with Crippen molar-refractivity contribution in [1.29, 1.82) is 0 Å². The summed E-state index contributed by atoms with van der Waals surface area (Å²) in [5.41, 5.74) is 1.04. The van der Waals surface area contributed by atoms with Crippen molar-refractivity contribution >= 4 is 28.1 Å². The van der Waals surface area contributed by atoms with E-state index in [4.69, 9.17) is 4.74 Å². The molecule has 2 saturated heterocycles. The number of aryl methyl sites for hydroxylation is 1. The van der Waals surface area contributed by atoms with Crippen LogP contribution in [0.3, 0.4) is 0 Å². The lowest BCUT2D eigenvalue weighted by Crippen LogP contribution is -2.59. The molecule has 2 fully saturated rings. The highest BCUT2D eigenvalue weighted by Crippen LogP contribution is 2.37. The van der Waals surface area contributed by atoms with Gasteiger partial charge < -0.3 is 14.7 Å². The maximum atomic E-state index is 13.6. The number of carbonyl (C=O) groups excluding carboxylic acids is 2. The van der Waals surface area contributed by atoms with Crippen LogP contribution in [0.2, 0.25) is 0 Å². The predicted molar refractivity (Wildman–Crippen MR) is 132 cm³/mol. The van der Waals surface area contributed by atoms with E-state index >= 15 is 0 Å². The summed E-state index contributed by atoms with van der Waals surface area (Å²) in [6.07, 6.45) is 1.70. The molecule has 0 saturated carbocycles. The maximum absolute atomic E-state index is 13.6. The number of fused-ring (bicyclic) bond motifs is 1. The summed E-state index contributed by atoms with van der Waals surface area (Å²) in [6.45, 7) is 3.77. The van der Waals surface area contributed by atoms with Crippen LogP contribution in [0, 0.1) is 5.92 Å². The van der Waals surface area contributed by atoms with Gasteiger partial charge in [0.05, 0.1) is 12.6 Å². The van der Waals surface area contributed by atoms with Gasteiger partial charge in [0.25, 0.3) is 10.2 Å². The quantitative estimate of drug-likeness (QED) is 0.352. The number of carbonyl (C=O) groups is 3. The van der Waals surface area contributed by atoms with Gasteiger partial charge in [0.2, 0.25) is 5.91 Å². The van der Waals surface area contributed by atoms with Gasteiger partial charge in [0, 0.05) is 26.2 Å². The summed E-state index contributed by atoms with van der Waals surface area (Å²) < 4.78 is 33.5. The van der Waals surface area contributed by atoms with Gasteiger partial charge in [0.15, 0.2) is 0 Å². The molecule has 2 aliphatic heterocycles. The Morgan fingerprint density at radius 3 is 2.53 bits per heavy atom. The van der Waals surface area contributed by atoms with Gasteiger partial charge >= 0.3 is 11.9 Å². The smallest absolute Gasteiger partial charge is 0.326 e. The lowest BCUT2D eigenvalue weighted by molar-refractivity contribution is -0.152. The van der Waals surface area contributed by atoms with E-state index in [1.807, 2.05) is 30.3 Å². The third-order valence-electron chi connectivity index (χ3n) is 7.00. The molecule has 0 radical (unpaired) electrons. The van der Waals surface area contributed by atoms with Crippen molar-refractivity contribution < 1.29 is 32.6 Å². The van der Waals surface area contributed by atoms with E-state index < -0.39 is 52.2 Å². The monoisotopic (exact) mass is 524 g/mol. The summed E-state index contributed by atoms with van der Waals surface area (Å²) in [5.74, 6) is -2.21. The predicted octanol–water partition coefficient (Wildman–Crippen LogP) is 0.369. The molecular formula is C24H36N4O7S. The molecule has 5 atom stereocenters. The van der Waals surface area contributed by atoms with Crippen molar-refractivity contribution in [3.63, 3.8) is 0 Å². The SMILES string of the molecule is CCOC(=O)[C@H](CCc1ccccc1)N[C@H](C)C(=O)N1[C@H](C(=O)O)C[C@@H]2CCN(S(=O)(=O)NC)C[C@@H]21. The number of hydrogen-bond donors (Lipinski definition) is 3. The molecule has 200 valence electrons. The molecule has 3 rings (SSSR count). The fourth-order valence-corrected chi connectivity index (χ4v) is 6.07. The van der Waals surface area contributed by atoms with E-state index in [0.717, 1.165) is 5.56 Å². The summed E-state index contributed by atoms with van der Waals surface area (Å²) in [7, 11) is -2.40. The van der Waals surface area contributed by atoms with Crippen molar-refractivity contribution in [2.75, 3.05) is 26.7 Å². The fourth-order valence-electron chi connectivity index (χ4n) is 5.12. The Balaban J connectivity index is 1.77. The van der Waals surface area contributed by atoms with E-state index in [-0.39, 0.29) is 32.0 Å². The highest BCUT2D eigenvalue weighted by molar-refractivity contribution is 7.87. The first kappa shape index (κ1) is 28.0. The van der Waals surface area contributed by atoms with E-state index in [0.29, 0.717) is 19.3 Å². The zero-order valence-electron chi connectivity index (χ0n) is 20.9. The Morgan fingerprint density at radius 2 is 1.92 bits per heavy atom. The highest BCUT2D eigenvalue weighted by atomic mass is 32.2. The molecule has 0 spiro atoms. The summed E-state index contributed by atoms with van der Waals surface area (Å²) in [4.78, 5) is 39.6. The van der Waals surface area contributed by atoms with E-state index in [2.05, 4.69) is 10.0 Å². The number of amides is 1. The lowest BCUT2D eigenvalue weighted by Gasteiger charge is -2.39. The second-order valence-electron chi connectivity index (χ2n) is 9.24. The van der Waals surface area contributed by atoms with Gasteiger partial charge in [-0.15, -0.1) is 0 Å². The first-order valence-corrected chi connectivity index (χ1v) is 13.7. The molecule has 1 aromatic rings. The van der Waals surface area contributed by atoms with Crippen LogP contribution < -0.4 is 10.0 Å². The van der Waals surface area contributed by atoms with Crippen LogP contribution in [0.1, 0.15) is 38.7 Å². The number of nitrogens with zero attached hydrogens (tertiary/aromatic N) is 2. The molecule has 12 heteroatoms. The second-order valence-corrected chi connectivity index (χ2v) is 11.1. The van der Waals surface area contributed by atoms with Gasteiger partial charge in [-0.2, -0.15) is 12.7 Å². The van der Waals surface area contributed by atoms with E-state index in [1.54, 1.807) is 13.8 Å². The van der Waals surface area contributed by atoms with Crippen molar-refractivity contribution in [3.8, 4) is 0 Å². The minimum absolute atomic E-state index is 0.0192. The lowest BCUT2D eigenvalue weighted by atomic mass is 9.92. The van der Waals surface area contributed by atoms with E-state index in [9.17, 15) is 27.9 Å². The number of hydrogen-bond acceptors (Lipinski definition) is 7. The maximum Gasteiger partial charge on any atom is 0.326 e. The number of likely N-dealkylation sites (tertiary alicyclic amines) is 1. The number of benzene rings is 1. The largest absolute Gasteiger partial charge is 0.480 e. The molecule has 36 heavy (non-hydrogen) atoms. The number of ether oxygens (including phenoxy) is 1. The topological polar surface area (TPSA) is 145 Å². The Bertz CT molecular complexity index is 1040. The zero-order valence-corrected chi connectivity index (χ0v) is 21.7. The molecule has 1 aromatic carbocycles. The van der Waals surface area contributed by atoms with Crippen LogP contribution in [0.15, 0.2) is 30.3 Å². The average molecular weight is 525 g/mol. The third-order valence-corrected chi connectivity index (χ3v) is 8.53. The Kier molecular flexibility index (Phi) is 9.45. The molecule has 2 heterocycles. The number of carboxylic acids is 1. The minimum Gasteiger partial charge on any atom is -0.480 e. The molecule has 11 nitrogen and oxygen atoms in total. The standard InChI is InChI=1S/C24H36N4O7S/c1-4-35-24(32)19(11-10-17-8-6-5-7-9-17)26-16(2)22(29)28-20(23(30)31)14-18-12-13-27(15-21(18)28)36(33,34)25-3/h5-9,16,18-21,25-26H,4,10-15H2,1-3H3,(H,30,31)/t16-,18+,19+,20+,21+/m1/s1. The molecule has 0 unspecified atom stereocenters. The minimum atomic E-state index is -3.72. The zero-order chi connectivity index (χ0) is 26.5. The van der Waals surface area contributed by atoms with Crippen molar-refractivity contribution in [1.82, 2.24) is 19.2 Å². The molecular weight excluding hydrogens is 488 g/mol. The Labute approximate surface area is 212 Å². The van der Waals surface area contributed by atoms with Gasteiger partial charge in [-0.1, -0.05) is 30.3 Å². The van der Waals surface area contributed by atoms with Crippen molar-refractivity contribution in [2.24, 2.45) is 5.92 Å². The van der Waals surface area contributed by atoms with Crippen LogP contribution in [-0.4, -0.2) is 91.5 Å². The van der Waals surface area contributed by atoms with Crippen LogP contribution in [-0.2, 0) is 35.8 Å². The van der Waals surface area contributed by atoms with Crippen LogP contribution in [0.5, 0.6) is 0 Å². The van der Waals surface area contributed by atoms with Crippen LogP contribution in [0.4, 0.5) is 0 Å². The molecule has 1 amide bonds. The Hall–Kier alpha value is -2.54. The van der Waals surface area contributed by atoms with E-state index in [1.165, 1.54) is 16.3 Å². The number of aliphatic carboxylic acids is 1.